The highest BCUT2D eigenvalue weighted by molar-refractivity contribution is 5.95. The Labute approximate surface area is 263 Å². The number of esters is 2. The quantitative estimate of drug-likeness (QED) is 0.126. The van der Waals surface area contributed by atoms with Crippen molar-refractivity contribution in [3.05, 3.63) is 58.9 Å². The molecule has 12 nitrogen and oxygen atoms in total. The number of halogens is 1. The molecule has 0 saturated carbocycles. The van der Waals surface area contributed by atoms with Crippen molar-refractivity contribution >= 4 is 52.8 Å². The van der Waals surface area contributed by atoms with Gasteiger partial charge in [-0.25, -0.2) is 4.98 Å². The molecule has 44 heavy (non-hydrogen) atoms. The summed E-state index contributed by atoms with van der Waals surface area (Å²) in [5, 5.41) is 10.9. The molecule has 4 rings (SSSR count). The van der Waals surface area contributed by atoms with Gasteiger partial charge in [-0.3, -0.25) is 24.7 Å². The third kappa shape index (κ3) is 7.48. The SMILES string of the molecule is CCOC(=O)CN(CC(=O)OCC)C(C)(C(=O)N1CCCC1)c1ccc2[nH]c(CNc3ccc(C(=N)N)cc3)nc2c1C.Cl. The standard InChI is InChI=1S/C31H41N7O5.ClH/c1-5-42-26(39)18-38(19-27(40)43-6-2)31(4,30(41)37-15-7-8-16-37)23-13-14-24-28(20(23)3)36-25(35-24)17-34-22-11-9-21(10-12-22)29(32)33;/h9-14,34H,5-8,15-19H2,1-4H3,(H3,32,33)(H,35,36);1H. The molecule has 0 aliphatic carbocycles. The van der Waals surface area contributed by atoms with Crippen molar-refractivity contribution in [2.24, 2.45) is 5.73 Å². The van der Waals surface area contributed by atoms with Gasteiger partial charge in [0.2, 0.25) is 5.91 Å². The molecule has 0 bridgehead atoms. The number of imidazole rings is 1. The number of carbonyl (C=O) groups excluding carboxylic acids is 3. The highest BCUT2D eigenvalue weighted by Gasteiger charge is 2.47. The molecule has 0 radical (unpaired) electrons. The maximum Gasteiger partial charge on any atom is 0.320 e. The molecule has 2 heterocycles. The van der Waals surface area contributed by atoms with E-state index in [4.69, 9.17) is 25.6 Å². The molecule has 1 aromatic heterocycles. The fourth-order valence-electron chi connectivity index (χ4n) is 5.57. The Balaban J connectivity index is 0.00000529. The third-order valence-corrected chi connectivity index (χ3v) is 7.83. The van der Waals surface area contributed by atoms with E-state index in [2.05, 4.69) is 10.3 Å². The zero-order valence-electron chi connectivity index (χ0n) is 25.7. The van der Waals surface area contributed by atoms with Crippen molar-refractivity contribution in [2.45, 2.75) is 52.6 Å². The van der Waals surface area contributed by atoms with Crippen LogP contribution in [0.15, 0.2) is 36.4 Å². The number of hydrogen-bond acceptors (Lipinski definition) is 9. The number of anilines is 1. The number of nitrogens with two attached hydrogens (primary N) is 1. The lowest BCUT2D eigenvalue weighted by Gasteiger charge is -2.42. The van der Waals surface area contributed by atoms with Gasteiger partial charge in [0.15, 0.2) is 0 Å². The van der Waals surface area contributed by atoms with E-state index < -0.39 is 17.5 Å². The molecule has 1 fully saturated rings. The summed E-state index contributed by atoms with van der Waals surface area (Å²) in [4.78, 5) is 51.4. The number of aromatic amines is 1. The number of likely N-dealkylation sites (tertiary alicyclic amines) is 1. The van der Waals surface area contributed by atoms with Crippen LogP contribution in [0, 0.1) is 12.3 Å². The van der Waals surface area contributed by atoms with Crippen molar-refractivity contribution in [3.63, 3.8) is 0 Å². The highest BCUT2D eigenvalue weighted by Crippen LogP contribution is 2.36. The first kappa shape index (κ1) is 34.3. The average molecular weight is 628 g/mol. The first-order valence-electron chi connectivity index (χ1n) is 14.6. The molecule has 0 spiro atoms. The van der Waals surface area contributed by atoms with Gasteiger partial charge in [-0.2, -0.15) is 0 Å². The van der Waals surface area contributed by atoms with Gasteiger partial charge in [0, 0.05) is 24.3 Å². The summed E-state index contributed by atoms with van der Waals surface area (Å²) in [7, 11) is 0. The molecular weight excluding hydrogens is 586 g/mol. The summed E-state index contributed by atoms with van der Waals surface area (Å²) in [6.07, 6.45) is 1.78. The zero-order chi connectivity index (χ0) is 31.1. The van der Waals surface area contributed by atoms with Crippen LogP contribution < -0.4 is 11.1 Å². The van der Waals surface area contributed by atoms with E-state index in [1.165, 1.54) is 0 Å². The summed E-state index contributed by atoms with van der Waals surface area (Å²) >= 11 is 0. The number of fused-ring (bicyclic) bond motifs is 1. The molecule has 1 amide bonds. The lowest BCUT2D eigenvalue weighted by molar-refractivity contribution is -0.156. The molecular formula is C31H42ClN7O5. The van der Waals surface area contributed by atoms with E-state index in [1.54, 1.807) is 42.7 Å². The number of nitrogens with zero attached hydrogens (tertiary/aromatic N) is 3. The Kier molecular flexibility index (Phi) is 11.7. The van der Waals surface area contributed by atoms with Gasteiger partial charge in [0.05, 0.1) is 43.9 Å². The number of ether oxygens (including phenoxy) is 2. The minimum atomic E-state index is -1.38. The first-order chi connectivity index (χ1) is 20.6. The number of rotatable bonds is 13. The Morgan fingerprint density at radius 2 is 1.64 bits per heavy atom. The van der Waals surface area contributed by atoms with Gasteiger partial charge in [-0.05, 0) is 82.0 Å². The van der Waals surface area contributed by atoms with Crippen LogP contribution in [0.5, 0.6) is 0 Å². The fraction of sp³-hybridized carbons (Fsp3) is 0.452. The minimum Gasteiger partial charge on any atom is -0.465 e. The van der Waals surface area contributed by atoms with Gasteiger partial charge in [-0.15, -0.1) is 12.4 Å². The third-order valence-electron chi connectivity index (χ3n) is 7.83. The largest absolute Gasteiger partial charge is 0.465 e. The molecule has 3 aromatic rings. The summed E-state index contributed by atoms with van der Waals surface area (Å²) < 4.78 is 10.5. The van der Waals surface area contributed by atoms with Gasteiger partial charge >= 0.3 is 11.9 Å². The molecule has 2 aromatic carbocycles. The smallest absolute Gasteiger partial charge is 0.320 e. The van der Waals surface area contributed by atoms with E-state index in [9.17, 15) is 14.4 Å². The van der Waals surface area contributed by atoms with Crippen LogP contribution >= 0.6 is 12.4 Å². The Morgan fingerprint density at radius 3 is 2.18 bits per heavy atom. The number of carbonyl (C=O) groups is 3. The van der Waals surface area contributed by atoms with Crippen LogP contribution in [0.1, 0.15) is 56.1 Å². The van der Waals surface area contributed by atoms with Crippen LogP contribution in [0.4, 0.5) is 5.69 Å². The summed E-state index contributed by atoms with van der Waals surface area (Å²) in [6, 6.07) is 11.0. The number of aryl methyl sites for hydroxylation is 1. The Hall–Kier alpha value is -4.16. The van der Waals surface area contributed by atoms with Crippen molar-refractivity contribution in [3.8, 4) is 0 Å². The van der Waals surface area contributed by atoms with E-state index in [-0.39, 0.29) is 50.5 Å². The number of amides is 1. The highest BCUT2D eigenvalue weighted by atomic mass is 35.5. The second-order valence-electron chi connectivity index (χ2n) is 10.7. The molecule has 1 aliphatic heterocycles. The lowest BCUT2D eigenvalue weighted by atomic mass is 9.84. The molecule has 1 atom stereocenters. The molecule has 5 N–H and O–H groups in total. The van der Waals surface area contributed by atoms with Crippen LogP contribution in [-0.4, -0.2) is 82.8 Å². The topological polar surface area (TPSA) is 167 Å². The van der Waals surface area contributed by atoms with Crippen molar-refractivity contribution in [2.75, 3.05) is 44.7 Å². The lowest BCUT2D eigenvalue weighted by Crippen LogP contribution is -2.58. The number of H-pyrrole nitrogens is 1. The molecule has 13 heteroatoms. The van der Waals surface area contributed by atoms with Crippen molar-refractivity contribution < 1.29 is 23.9 Å². The van der Waals surface area contributed by atoms with Crippen LogP contribution in [0.2, 0.25) is 0 Å². The van der Waals surface area contributed by atoms with Crippen molar-refractivity contribution in [1.82, 2.24) is 19.8 Å². The predicted molar refractivity (Wildman–Crippen MR) is 171 cm³/mol. The maximum atomic E-state index is 14.3. The number of nitrogen functional groups attached to an aromatic ring is 1. The molecule has 1 aliphatic rings. The average Bonchev–Trinajstić information content (AvgIpc) is 3.66. The second-order valence-corrected chi connectivity index (χ2v) is 10.7. The van der Waals surface area contributed by atoms with E-state index in [0.717, 1.165) is 29.6 Å². The Bertz CT molecular complexity index is 1470. The number of hydrogen-bond donors (Lipinski definition) is 4. The van der Waals surface area contributed by atoms with E-state index in [1.807, 2.05) is 31.2 Å². The maximum absolute atomic E-state index is 14.3. The summed E-state index contributed by atoms with van der Waals surface area (Å²) in [5.41, 5.74) is 8.56. The van der Waals surface area contributed by atoms with E-state index in [0.29, 0.717) is 42.1 Å². The number of amidine groups is 1. The molecule has 1 saturated heterocycles. The Morgan fingerprint density at radius 1 is 1.05 bits per heavy atom. The van der Waals surface area contributed by atoms with Gasteiger partial charge in [0.1, 0.15) is 17.2 Å². The fourth-order valence-corrected chi connectivity index (χ4v) is 5.57. The van der Waals surface area contributed by atoms with E-state index >= 15 is 0 Å². The number of nitrogens with one attached hydrogen (secondary N) is 3. The monoisotopic (exact) mass is 627 g/mol. The van der Waals surface area contributed by atoms with Gasteiger partial charge in [-0.1, -0.05) is 6.07 Å². The number of aromatic nitrogens is 2. The molecule has 238 valence electrons. The summed E-state index contributed by atoms with van der Waals surface area (Å²) in [5.74, 6) is -0.555. The number of benzene rings is 2. The van der Waals surface area contributed by atoms with Crippen LogP contribution in [0.25, 0.3) is 11.0 Å². The summed E-state index contributed by atoms with van der Waals surface area (Å²) in [6.45, 7) is 8.54. The van der Waals surface area contributed by atoms with Crippen LogP contribution in [-0.2, 0) is 35.9 Å². The molecule has 1 unspecified atom stereocenters. The predicted octanol–water partition coefficient (Wildman–Crippen LogP) is 3.46. The van der Waals surface area contributed by atoms with Gasteiger partial charge < -0.3 is 30.4 Å². The second kappa shape index (κ2) is 15.0. The minimum absolute atomic E-state index is 0. The normalized spacial score (nSPS) is 14.2. The van der Waals surface area contributed by atoms with Gasteiger partial charge in [0.25, 0.3) is 0 Å². The van der Waals surface area contributed by atoms with Crippen LogP contribution in [0.3, 0.4) is 0 Å². The zero-order valence-corrected chi connectivity index (χ0v) is 26.5. The van der Waals surface area contributed by atoms with Crippen molar-refractivity contribution in [1.29, 1.82) is 5.41 Å². The first-order valence-corrected chi connectivity index (χ1v) is 14.6.